The number of aliphatic carboxylic acids is 1. The van der Waals surface area contributed by atoms with Crippen LogP contribution in [0.25, 0.3) is 17.2 Å². The van der Waals surface area contributed by atoms with Crippen LogP contribution in [0, 0.1) is 20.8 Å². The third kappa shape index (κ3) is 7.70. The van der Waals surface area contributed by atoms with Crippen molar-refractivity contribution in [1.29, 1.82) is 0 Å². The van der Waals surface area contributed by atoms with Crippen LogP contribution in [0.5, 0.6) is 5.75 Å². The number of hydrogen-bond donors (Lipinski definition) is 1. The maximum atomic E-state index is 11.8. The number of carboxylic acid groups (broad SMARTS) is 1. The van der Waals surface area contributed by atoms with E-state index in [9.17, 15) is 9.90 Å². The molecule has 0 aromatic heterocycles. The lowest BCUT2D eigenvalue weighted by atomic mass is 9.91. The second kappa shape index (κ2) is 14.6. The molecule has 2 aliphatic heterocycles. The third-order valence-corrected chi connectivity index (χ3v) is 9.56. The van der Waals surface area contributed by atoms with Gasteiger partial charge in [0.05, 0.1) is 5.02 Å². The molecule has 0 saturated carbocycles. The highest BCUT2D eigenvalue weighted by atomic mass is 35.5. The summed E-state index contributed by atoms with van der Waals surface area (Å²) in [6, 6.07) is 16.5. The molecular formula is C37H45ClN2O3. The molecule has 2 heterocycles. The van der Waals surface area contributed by atoms with E-state index in [2.05, 4.69) is 72.2 Å². The Bertz CT molecular complexity index is 1460. The average molecular weight is 601 g/mol. The highest BCUT2D eigenvalue weighted by molar-refractivity contribution is 6.32. The van der Waals surface area contributed by atoms with Crippen molar-refractivity contribution in [3.63, 3.8) is 0 Å². The normalized spacial score (nSPS) is 18.0. The number of carbonyl (C=O) groups is 1. The van der Waals surface area contributed by atoms with Crippen LogP contribution in [0.15, 0.2) is 54.6 Å². The van der Waals surface area contributed by atoms with E-state index in [4.69, 9.17) is 16.3 Å². The highest BCUT2D eigenvalue weighted by Gasteiger charge is 2.28. The Morgan fingerprint density at radius 1 is 0.953 bits per heavy atom. The molecule has 0 spiro atoms. The first kappa shape index (κ1) is 31.3. The Kier molecular flexibility index (Phi) is 10.6. The summed E-state index contributed by atoms with van der Waals surface area (Å²) >= 11 is 6.71. The summed E-state index contributed by atoms with van der Waals surface area (Å²) < 4.78 is 6.29. The van der Waals surface area contributed by atoms with Gasteiger partial charge < -0.3 is 14.7 Å². The summed E-state index contributed by atoms with van der Waals surface area (Å²) in [7, 11) is 0. The van der Waals surface area contributed by atoms with Gasteiger partial charge in [-0.05, 0) is 129 Å². The standard InChI is InChI=1S/C37H45ClN2O3/c1-26-22-36(34(38)23-31(26)24-40-21-7-5-17-35(40)37(41)42)43-25-30-14-11-16-33(28(30)3)32-15-10-13-29(27(32)2)12-4-6-18-39-19-8-9-20-39/h4,10-16,22-23,35H,5-9,17-21,24-25H2,1-3H3,(H,41,42)/b12-4+/t35-/m0/s1. The summed E-state index contributed by atoms with van der Waals surface area (Å²) in [5.41, 5.74) is 9.45. The number of rotatable bonds is 11. The molecule has 2 saturated heterocycles. The number of carboxylic acids is 1. The van der Waals surface area contributed by atoms with Gasteiger partial charge in [-0.25, -0.2) is 0 Å². The minimum Gasteiger partial charge on any atom is -0.487 e. The van der Waals surface area contributed by atoms with E-state index < -0.39 is 12.0 Å². The lowest BCUT2D eigenvalue weighted by molar-refractivity contribution is -0.144. The molecule has 0 radical (unpaired) electrons. The molecule has 0 bridgehead atoms. The molecule has 1 N–H and O–H groups in total. The number of benzene rings is 3. The van der Waals surface area contributed by atoms with E-state index in [1.807, 2.05) is 19.1 Å². The molecule has 5 nitrogen and oxygen atoms in total. The molecule has 3 aromatic carbocycles. The van der Waals surface area contributed by atoms with Gasteiger partial charge in [0.2, 0.25) is 0 Å². The maximum absolute atomic E-state index is 11.8. The van der Waals surface area contributed by atoms with Gasteiger partial charge in [0.25, 0.3) is 0 Å². The number of hydrogen-bond acceptors (Lipinski definition) is 4. The monoisotopic (exact) mass is 600 g/mol. The van der Waals surface area contributed by atoms with Crippen molar-refractivity contribution in [2.24, 2.45) is 0 Å². The number of halogens is 1. The molecular weight excluding hydrogens is 556 g/mol. The quantitative estimate of drug-likeness (QED) is 0.239. The summed E-state index contributed by atoms with van der Waals surface area (Å²) in [6.07, 6.45) is 11.0. The third-order valence-electron chi connectivity index (χ3n) is 9.27. The molecule has 1 atom stereocenters. The van der Waals surface area contributed by atoms with Crippen molar-refractivity contribution in [2.75, 3.05) is 26.2 Å². The van der Waals surface area contributed by atoms with Gasteiger partial charge in [-0.1, -0.05) is 66.6 Å². The smallest absolute Gasteiger partial charge is 0.320 e. The van der Waals surface area contributed by atoms with Crippen LogP contribution in [0.3, 0.4) is 0 Å². The van der Waals surface area contributed by atoms with Gasteiger partial charge in [0.15, 0.2) is 0 Å². The first-order chi connectivity index (χ1) is 20.8. The summed E-state index contributed by atoms with van der Waals surface area (Å²) in [6.45, 7) is 11.8. The summed E-state index contributed by atoms with van der Waals surface area (Å²) in [4.78, 5) is 16.4. The van der Waals surface area contributed by atoms with E-state index in [-0.39, 0.29) is 0 Å². The Morgan fingerprint density at radius 3 is 2.44 bits per heavy atom. The lowest BCUT2D eigenvalue weighted by Gasteiger charge is -2.33. The maximum Gasteiger partial charge on any atom is 0.320 e. The van der Waals surface area contributed by atoms with Gasteiger partial charge in [-0.3, -0.25) is 9.69 Å². The number of ether oxygens (including phenoxy) is 1. The van der Waals surface area contributed by atoms with Crippen LogP contribution in [0.2, 0.25) is 5.02 Å². The van der Waals surface area contributed by atoms with Crippen molar-refractivity contribution in [3.05, 3.63) is 93.0 Å². The minimum atomic E-state index is -0.743. The SMILES string of the molecule is Cc1cc(OCc2cccc(-c3cccc(/C=C/CCN4CCCC4)c3C)c2C)c(Cl)cc1CN1CCCC[C@H]1C(=O)O. The van der Waals surface area contributed by atoms with Crippen LogP contribution in [0.1, 0.15) is 71.9 Å². The van der Waals surface area contributed by atoms with Gasteiger partial charge in [0, 0.05) is 13.1 Å². The van der Waals surface area contributed by atoms with Gasteiger partial charge >= 0.3 is 5.97 Å². The van der Waals surface area contributed by atoms with Gasteiger partial charge in [-0.2, -0.15) is 0 Å². The number of likely N-dealkylation sites (tertiary alicyclic amines) is 2. The van der Waals surface area contributed by atoms with E-state index in [0.29, 0.717) is 30.3 Å². The first-order valence-electron chi connectivity index (χ1n) is 15.8. The van der Waals surface area contributed by atoms with Crippen LogP contribution in [0.4, 0.5) is 0 Å². The van der Waals surface area contributed by atoms with Gasteiger partial charge in [-0.15, -0.1) is 0 Å². The zero-order valence-corrected chi connectivity index (χ0v) is 26.6. The van der Waals surface area contributed by atoms with Crippen molar-refractivity contribution in [2.45, 2.75) is 78.5 Å². The molecule has 6 heteroatoms. The zero-order valence-electron chi connectivity index (χ0n) is 25.9. The first-order valence-corrected chi connectivity index (χ1v) is 16.2. The summed E-state index contributed by atoms with van der Waals surface area (Å²) in [5.74, 6) is -0.0919. The molecule has 2 aliphatic rings. The predicted octanol–water partition coefficient (Wildman–Crippen LogP) is 8.45. The van der Waals surface area contributed by atoms with Crippen LogP contribution in [-0.2, 0) is 17.9 Å². The Hall–Kier alpha value is -3.12. The summed E-state index contributed by atoms with van der Waals surface area (Å²) in [5, 5.41) is 10.2. The van der Waals surface area contributed by atoms with Crippen LogP contribution >= 0.6 is 11.6 Å². The van der Waals surface area contributed by atoms with E-state index >= 15 is 0 Å². The fourth-order valence-electron chi connectivity index (χ4n) is 6.54. The minimum absolute atomic E-state index is 0.417. The van der Waals surface area contributed by atoms with E-state index in [1.54, 1.807) is 0 Å². The van der Waals surface area contributed by atoms with Crippen molar-refractivity contribution in [1.82, 2.24) is 9.80 Å². The zero-order chi connectivity index (χ0) is 30.3. The number of aryl methyl sites for hydroxylation is 1. The fraction of sp³-hybridized carbons (Fsp3) is 0.432. The second-order valence-corrected chi connectivity index (χ2v) is 12.6. The molecule has 43 heavy (non-hydrogen) atoms. The number of nitrogens with zero attached hydrogens (tertiary/aromatic N) is 2. The Morgan fingerprint density at radius 2 is 1.67 bits per heavy atom. The highest BCUT2D eigenvalue weighted by Crippen LogP contribution is 2.34. The molecule has 5 rings (SSSR count). The number of piperidine rings is 1. The Labute approximate surface area is 262 Å². The topological polar surface area (TPSA) is 53.0 Å². The molecule has 3 aromatic rings. The molecule has 0 aliphatic carbocycles. The largest absolute Gasteiger partial charge is 0.487 e. The van der Waals surface area contributed by atoms with Crippen LogP contribution in [-0.4, -0.2) is 53.1 Å². The molecule has 0 unspecified atom stereocenters. The van der Waals surface area contributed by atoms with Crippen molar-refractivity contribution in [3.8, 4) is 16.9 Å². The van der Waals surface area contributed by atoms with Gasteiger partial charge in [0.1, 0.15) is 18.4 Å². The van der Waals surface area contributed by atoms with E-state index in [0.717, 1.165) is 49.0 Å². The van der Waals surface area contributed by atoms with Crippen molar-refractivity contribution >= 4 is 23.6 Å². The Balaban J connectivity index is 1.27. The van der Waals surface area contributed by atoms with Crippen LogP contribution < -0.4 is 4.74 Å². The second-order valence-electron chi connectivity index (χ2n) is 12.2. The molecule has 228 valence electrons. The lowest BCUT2D eigenvalue weighted by Crippen LogP contribution is -2.44. The average Bonchev–Trinajstić information content (AvgIpc) is 3.52. The predicted molar refractivity (Wildman–Crippen MR) is 177 cm³/mol. The molecule has 0 amide bonds. The van der Waals surface area contributed by atoms with Crippen molar-refractivity contribution < 1.29 is 14.6 Å². The molecule has 2 fully saturated rings. The fourth-order valence-corrected chi connectivity index (χ4v) is 6.78. The van der Waals surface area contributed by atoms with E-state index in [1.165, 1.54) is 53.7 Å².